The molecule has 0 radical (unpaired) electrons. The van der Waals surface area contributed by atoms with Crippen molar-refractivity contribution in [2.75, 3.05) is 25.0 Å². The maximum absolute atomic E-state index is 12.0. The van der Waals surface area contributed by atoms with Crippen LogP contribution in [0.1, 0.15) is 30.1 Å². The lowest BCUT2D eigenvalue weighted by Gasteiger charge is -2.18. The molecule has 7 nitrogen and oxygen atoms in total. The predicted octanol–water partition coefficient (Wildman–Crippen LogP) is 2.48. The quantitative estimate of drug-likeness (QED) is 0.842. The molecule has 1 N–H and O–H groups in total. The highest BCUT2D eigenvalue weighted by atomic mass is 16.5. The second-order valence-electron chi connectivity index (χ2n) is 5.16. The minimum atomic E-state index is -0.372. The number of hydrogen-bond donors (Lipinski definition) is 1. The van der Waals surface area contributed by atoms with Gasteiger partial charge in [-0.1, -0.05) is 11.2 Å². The number of rotatable bonds is 7. The van der Waals surface area contributed by atoms with Crippen LogP contribution in [0.25, 0.3) is 0 Å². The van der Waals surface area contributed by atoms with E-state index >= 15 is 0 Å². The van der Waals surface area contributed by atoms with Crippen LogP contribution in [0.5, 0.6) is 5.75 Å². The Morgan fingerprint density at radius 2 is 2.00 bits per heavy atom. The molecule has 0 bridgehead atoms. The van der Waals surface area contributed by atoms with Crippen molar-refractivity contribution in [3.63, 3.8) is 0 Å². The molecule has 0 aliphatic heterocycles. The third-order valence-electron chi connectivity index (χ3n) is 3.43. The van der Waals surface area contributed by atoms with Gasteiger partial charge >= 0.3 is 0 Å². The highest BCUT2D eigenvalue weighted by Gasteiger charge is 2.12. The van der Waals surface area contributed by atoms with E-state index in [2.05, 4.69) is 10.5 Å². The van der Waals surface area contributed by atoms with E-state index in [1.54, 1.807) is 42.2 Å². The maximum atomic E-state index is 12.0. The molecule has 2 rings (SSSR count). The van der Waals surface area contributed by atoms with Crippen molar-refractivity contribution in [3.05, 3.63) is 41.8 Å². The van der Waals surface area contributed by atoms with Gasteiger partial charge in [-0.15, -0.1) is 0 Å². The third-order valence-corrected chi connectivity index (χ3v) is 3.43. The molecule has 0 aliphatic carbocycles. The molecular weight excluding hydrogens is 310 g/mol. The monoisotopic (exact) mass is 331 g/mol. The molecule has 2 aromatic rings. The zero-order valence-electron chi connectivity index (χ0n) is 14.0. The van der Waals surface area contributed by atoms with Gasteiger partial charge in [0, 0.05) is 30.9 Å². The van der Waals surface area contributed by atoms with Crippen molar-refractivity contribution in [1.29, 1.82) is 0 Å². The largest absolute Gasteiger partial charge is 0.484 e. The highest BCUT2D eigenvalue weighted by molar-refractivity contribution is 6.02. The molecule has 2 amide bonds. The average molecular weight is 331 g/mol. The maximum Gasteiger partial charge on any atom is 0.277 e. The number of nitrogens with zero attached hydrogens (tertiary/aromatic N) is 2. The number of aromatic nitrogens is 1. The molecule has 24 heavy (non-hydrogen) atoms. The smallest absolute Gasteiger partial charge is 0.277 e. The molecule has 7 heteroatoms. The summed E-state index contributed by atoms with van der Waals surface area (Å²) in [5, 5.41) is 6.37. The van der Waals surface area contributed by atoms with Crippen LogP contribution in [-0.4, -0.2) is 41.6 Å². The fourth-order valence-electron chi connectivity index (χ4n) is 2.14. The minimum absolute atomic E-state index is 0.0401. The number of amides is 2. The fraction of sp³-hybridized carbons (Fsp3) is 0.353. The van der Waals surface area contributed by atoms with Crippen LogP contribution in [-0.2, 0) is 4.79 Å². The highest BCUT2D eigenvalue weighted by Crippen LogP contribution is 2.18. The molecule has 0 fully saturated rings. The Hall–Kier alpha value is -2.83. The molecule has 128 valence electrons. The van der Waals surface area contributed by atoms with Crippen molar-refractivity contribution in [3.8, 4) is 5.75 Å². The van der Waals surface area contributed by atoms with Crippen LogP contribution in [0.4, 0.5) is 5.69 Å². The van der Waals surface area contributed by atoms with Crippen molar-refractivity contribution in [1.82, 2.24) is 10.1 Å². The molecule has 0 spiro atoms. The van der Waals surface area contributed by atoms with Gasteiger partial charge in [0.2, 0.25) is 0 Å². The summed E-state index contributed by atoms with van der Waals surface area (Å²) in [5.41, 5.74) is 0.754. The Bertz CT molecular complexity index is 707. The first kappa shape index (κ1) is 17.5. The molecule has 0 aliphatic rings. The van der Waals surface area contributed by atoms with Crippen LogP contribution in [0.3, 0.4) is 0 Å². The van der Waals surface area contributed by atoms with Crippen LogP contribution in [0, 0.1) is 6.92 Å². The predicted molar refractivity (Wildman–Crippen MR) is 89.1 cm³/mol. The molecule has 1 heterocycles. The number of ether oxygens (including phenoxy) is 1. The van der Waals surface area contributed by atoms with E-state index in [1.165, 1.54) is 0 Å². The van der Waals surface area contributed by atoms with Crippen molar-refractivity contribution in [2.24, 2.45) is 0 Å². The number of carbonyl (C=O) groups is 2. The fourth-order valence-corrected chi connectivity index (χ4v) is 2.14. The first-order chi connectivity index (χ1) is 11.5. The minimum Gasteiger partial charge on any atom is -0.484 e. The van der Waals surface area contributed by atoms with E-state index in [9.17, 15) is 9.59 Å². The number of aryl methyl sites for hydroxylation is 1. The van der Waals surface area contributed by atoms with E-state index in [-0.39, 0.29) is 24.1 Å². The van der Waals surface area contributed by atoms with Gasteiger partial charge in [-0.25, -0.2) is 0 Å². The molecule has 0 saturated carbocycles. The first-order valence-electron chi connectivity index (χ1n) is 7.78. The summed E-state index contributed by atoms with van der Waals surface area (Å²) in [6.45, 7) is 6.80. The lowest BCUT2D eigenvalue weighted by atomic mass is 10.3. The molecular formula is C17H21N3O4. The lowest BCUT2D eigenvalue weighted by Crippen LogP contribution is -2.34. The van der Waals surface area contributed by atoms with Crippen molar-refractivity contribution in [2.45, 2.75) is 20.8 Å². The SMILES string of the molecule is CCN(CC)C(=O)COc1cccc(NC(=O)c2cc(C)on2)c1. The average Bonchev–Trinajstić information content (AvgIpc) is 3.01. The van der Waals surface area contributed by atoms with E-state index in [1.807, 2.05) is 13.8 Å². The summed E-state index contributed by atoms with van der Waals surface area (Å²) in [4.78, 5) is 25.7. The van der Waals surface area contributed by atoms with Gasteiger partial charge in [-0.2, -0.15) is 0 Å². The summed E-state index contributed by atoms with van der Waals surface area (Å²) >= 11 is 0. The summed E-state index contributed by atoms with van der Waals surface area (Å²) < 4.78 is 10.4. The number of nitrogens with one attached hydrogen (secondary N) is 1. The lowest BCUT2D eigenvalue weighted by molar-refractivity contribution is -0.132. The van der Waals surface area contributed by atoms with Crippen LogP contribution >= 0.6 is 0 Å². The molecule has 1 aromatic heterocycles. The Labute approximate surface area is 140 Å². The van der Waals surface area contributed by atoms with Gasteiger partial charge in [0.25, 0.3) is 11.8 Å². The summed E-state index contributed by atoms with van der Waals surface area (Å²) in [6, 6.07) is 8.40. The first-order valence-corrected chi connectivity index (χ1v) is 7.78. The zero-order valence-corrected chi connectivity index (χ0v) is 14.0. The topological polar surface area (TPSA) is 84.7 Å². The van der Waals surface area contributed by atoms with E-state index in [0.717, 1.165) is 0 Å². The van der Waals surface area contributed by atoms with Crippen molar-refractivity contribution < 1.29 is 18.8 Å². The molecule has 0 saturated heterocycles. The molecule has 1 aromatic carbocycles. The van der Waals surface area contributed by atoms with Crippen LogP contribution in [0.15, 0.2) is 34.9 Å². The summed E-state index contributed by atoms with van der Waals surface area (Å²) in [7, 11) is 0. The molecule has 0 atom stereocenters. The van der Waals surface area contributed by atoms with Gasteiger partial charge in [0.05, 0.1) is 0 Å². The standard InChI is InChI=1S/C17H21N3O4/c1-4-20(5-2)16(21)11-23-14-8-6-7-13(10-14)18-17(22)15-9-12(3)24-19-15/h6-10H,4-5,11H2,1-3H3,(H,18,22). The van der Waals surface area contributed by atoms with Crippen LogP contribution in [0.2, 0.25) is 0 Å². The number of hydrogen-bond acceptors (Lipinski definition) is 5. The second-order valence-corrected chi connectivity index (χ2v) is 5.16. The van der Waals surface area contributed by atoms with E-state index in [0.29, 0.717) is 30.3 Å². The van der Waals surface area contributed by atoms with E-state index in [4.69, 9.17) is 9.26 Å². The van der Waals surface area contributed by atoms with Gasteiger partial charge in [-0.05, 0) is 32.9 Å². The zero-order chi connectivity index (χ0) is 17.5. The van der Waals surface area contributed by atoms with Gasteiger partial charge in [0.15, 0.2) is 12.3 Å². The Kier molecular flexibility index (Phi) is 5.95. The van der Waals surface area contributed by atoms with Gasteiger partial charge < -0.3 is 19.5 Å². The normalized spacial score (nSPS) is 10.3. The summed E-state index contributed by atoms with van der Waals surface area (Å²) in [5.74, 6) is 0.618. The van der Waals surface area contributed by atoms with Gasteiger partial charge in [-0.3, -0.25) is 9.59 Å². The Balaban J connectivity index is 1.96. The van der Waals surface area contributed by atoms with Crippen LogP contribution < -0.4 is 10.1 Å². The Morgan fingerprint density at radius 1 is 1.25 bits per heavy atom. The number of anilines is 1. The molecule has 0 unspecified atom stereocenters. The van der Waals surface area contributed by atoms with Crippen molar-refractivity contribution >= 4 is 17.5 Å². The number of benzene rings is 1. The Morgan fingerprint density at radius 3 is 2.62 bits per heavy atom. The second kappa shape index (κ2) is 8.14. The number of carbonyl (C=O) groups excluding carboxylic acids is 2. The number of likely N-dealkylation sites (N-methyl/N-ethyl adjacent to an activating group) is 1. The third kappa shape index (κ3) is 4.58. The van der Waals surface area contributed by atoms with E-state index < -0.39 is 0 Å². The summed E-state index contributed by atoms with van der Waals surface area (Å²) in [6.07, 6.45) is 0. The van der Waals surface area contributed by atoms with Gasteiger partial charge in [0.1, 0.15) is 11.5 Å².